The second-order valence-electron chi connectivity index (χ2n) is 6.56. The number of hydrogen-bond donors (Lipinski definition) is 3. The molecule has 29 heavy (non-hydrogen) atoms. The molecule has 11 heteroatoms. The number of imidazole rings is 1. The fourth-order valence-electron chi connectivity index (χ4n) is 3.31. The van der Waals surface area contributed by atoms with E-state index >= 15 is 0 Å². The molecule has 0 amide bonds. The van der Waals surface area contributed by atoms with Crippen molar-refractivity contribution in [2.75, 3.05) is 12.3 Å². The number of ether oxygens (including phenoxy) is 2. The third-order valence-electron chi connectivity index (χ3n) is 4.74. The van der Waals surface area contributed by atoms with Gasteiger partial charge in [-0.05, 0) is 17.2 Å². The molecule has 0 spiro atoms. The van der Waals surface area contributed by atoms with Crippen molar-refractivity contribution < 1.29 is 24.5 Å². The lowest BCUT2D eigenvalue weighted by molar-refractivity contribution is -0.156. The second kappa shape index (κ2) is 7.91. The first-order valence-electron chi connectivity index (χ1n) is 8.80. The van der Waals surface area contributed by atoms with E-state index in [1.54, 1.807) is 0 Å². The van der Waals surface area contributed by atoms with Crippen LogP contribution in [0.5, 0.6) is 0 Å². The topological polar surface area (TPSA) is 146 Å². The standard InChI is InChI=1S/C18H18ClN5O5/c19-18-22-14(20)12-15(23-18)24(8-21-12)16-11(13(26)10(6-25)29-16)17(27)28-7-9-4-2-1-3-5-9/h1-5,8,10-11,13,16,25-26H,6-7H2,(H2,20,22,23)/t10-,11?,13+,16-/m1/s1. The predicted molar refractivity (Wildman–Crippen MR) is 101 cm³/mol. The lowest BCUT2D eigenvalue weighted by Gasteiger charge is -2.20. The van der Waals surface area contributed by atoms with Crippen LogP contribution >= 0.6 is 11.6 Å². The van der Waals surface area contributed by atoms with Crippen LogP contribution in [-0.2, 0) is 20.9 Å². The maximum Gasteiger partial charge on any atom is 0.316 e. The van der Waals surface area contributed by atoms with Gasteiger partial charge in [0.1, 0.15) is 30.2 Å². The van der Waals surface area contributed by atoms with Gasteiger partial charge in [-0.25, -0.2) is 4.98 Å². The summed E-state index contributed by atoms with van der Waals surface area (Å²) in [6, 6.07) is 9.13. The van der Waals surface area contributed by atoms with Crippen LogP contribution in [0.25, 0.3) is 11.2 Å². The van der Waals surface area contributed by atoms with Gasteiger partial charge in [-0.3, -0.25) is 9.36 Å². The molecule has 4 N–H and O–H groups in total. The van der Waals surface area contributed by atoms with E-state index in [2.05, 4.69) is 15.0 Å². The molecule has 3 heterocycles. The van der Waals surface area contributed by atoms with Crippen LogP contribution in [0.4, 0.5) is 5.82 Å². The van der Waals surface area contributed by atoms with Gasteiger partial charge in [0.25, 0.3) is 0 Å². The van der Waals surface area contributed by atoms with Crippen molar-refractivity contribution in [3.8, 4) is 0 Å². The Morgan fingerprint density at radius 1 is 1.31 bits per heavy atom. The SMILES string of the molecule is Nc1nc(Cl)nc2c1ncn2[C@@H]1O[C@H](CO)[C@H](O)C1C(=O)OCc1ccccc1. The number of fused-ring (bicyclic) bond motifs is 1. The Morgan fingerprint density at radius 2 is 2.07 bits per heavy atom. The van der Waals surface area contributed by atoms with E-state index in [1.165, 1.54) is 10.9 Å². The van der Waals surface area contributed by atoms with Crippen molar-refractivity contribution in [1.29, 1.82) is 0 Å². The first kappa shape index (κ1) is 19.5. The normalized spacial score (nSPS) is 24.1. The van der Waals surface area contributed by atoms with Gasteiger partial charge in [0, 0.05) is 0 Å². The lowest BCUT2D eigenvalue weighted by Crippen LogP contribution is -2.35. The summed E-state index contributed by atoms with van der Waals surface area (Å²) in [5.74, 6) is -1.74. The maximum atomic E-state index is 12.8. The Labute approximate surface area is 169 Å². The van der Waals surface area contributed by atoms with E-state index in [4.69, 9.17) is 26.8 Å². The molecule has 1 aromatic carbocycles. The molecule has 1 unspecified atom stereocenters. The number of rotatable bonds is 5. The van der Waals surface area contributed by atoms with Gasteiger partial charge in [0.2, 0.25) is 5.28 Å². The Hall–Kier alpha value is -2.79. The van der Waals surface area contributed by atoms with E-state index in [1.807, 2.05) is 30.3 Å². The van der Waals surface area contributed by atoms with E-state index in [-0.39, 0.29) is 28.9 Å². The van der Waals surface area contributed by atoms with Gasteiger partial charge in [0.05, 0.1) is 12.9 Å². The zero-order chi connectivity index (χ0) is 20.5. The number of halogens is 1. The van der Waals surface area contributed by atoms with E-state index in [9.17, 15) is 15.0 Å². The quantitative estimate of drug-likeness (QED) is 0.401. The van der Waals surface area contributed by atoms with Crippen molar-refractivity contribution >= 4 is 34.6 Å². The summed E-state index contributed by atoms with van der Waals surface area (Å²) in [7, 11) is 0. The van der Waals surface area contributed by atoms with Crippen molar-refractivity contribution in [2.45, 2.75) is 25.0 Å². The molecular weight excluding hydrogens is 402 g/mol. The molecule has 1 aliphatic heterocycles. The van der Waals surface area contributed by atoms with E-state index in [0.29, 0.717) is 0 Å². The summed E-state index contributed by atoms with van der Waals surface area (Å²) < 4.78 is 12.5. The zero-order valence-corrected chi connectivity index (χ0v) is 15.8. The number of benzene rings is 1. The minimum absolute atomic E-state index is 0.0328. The van der Waals surface area contributed by atoms with Crippen molar-refractivity contribution in [3.63, 3.8) is 0 Å². The molecule has 1 saturated heterocycles. The number of hydrogen-bond acceptors (Lipinski definition) is 9. The first-order valence-corrected chi connectivity index (χ1v) is 9.18. The summed E-state index contributed by atoms with van der Waals surface area (Å²) in [5.41, 5.74) is 7.13. The number of anilines is 1. The van der Waals surface area contributed by atoms with Crippen LogP contribution in [-0.4, -0.2) is 54.5 Å². The van der Waals surface area contributed by atoms with Crippen molar-refractivity contribution in [1.82, 2.24) is 19.5 Å². The van der Waals surface area contributed by atoms with Gasteiger partial charge in [-0.2, -0.15) is 9.97 Å². The number of carbonyl (C=O) groups is 1. The number of carbonyl (C=O) groups excluding carboxylic acids is 1. The third kappa shape index (κ3) is 3.62. The molecule has 10 nitrogen and oxygen atoms in total. The molecule has 3 aromatic rings. The molecule has 152 valence electrons. The summed E-state index contributed by atoms with van der Waals surface area (Å²) in [6.07, 6.45) is -1.94. The van der Waals surface area contributed by atoms with Crippen LogP contribution < -0.4 is 5.73 Å². The van der Waals surface area contributed by atoms with Crippen LogP contribution in [0, 0.1) is 5.92 Å². The minimum atomic E-state index is -1.29. The van der Waals surface area contributed by atoms with Crippen molar-refractivity contribution in [2.24, 2.45) is 5.92 Å². The van der Waals surface area contributed by atoms with Gasteiger partial charge >= 0.3 is 5.97 Å². The number of aliphatic hydroxyl groups excluding tert-OH is 2. The molecular formula is C18H18ClN5O5. The Morgan fingerprint density at radius 3 is 2.79 bits per heavy atom. The second-order valence-corrected chi connectivity index (χ2v) is 6.90. The highest BCUT2D eigenvalue weighted by Crippen LogP contribution is 2.37. The maximum absolute atomic E-state index is 12.8. The van der Waals surface area contributed by atoms with Gasteiger partial charge in [-0.1, -0.05) is 30.3 Å². The number of aromatic nitrogens is 4. The largest absolute Gasteiger partial charge is 0.460 e. The van der Waals surface area contributed by atoms with Crippen LogP contribution in [0.3, 0.4) is 0 Å². The van der Waals surface area contributed by atoms with Gasteiger partial charge < -0.3 is 25.4 Å². The number of aliphatic hydroxyl groups is 2. The molecule has 1 aliphatic rings. The van der Waals surface area contributed by atoms with E-state index in [0.717, 1.165) is 5.56 Å². The monoisotopic (exact) mass is 419 g/mol. The molecule has 0 saturated carbocycles. The lowest BCUT2D eigenvalue weighted by atomic mass is 10.00. The number of nitrogens with zero attached hydrogens (tertiary/aromatic N) is 4. The molecule has 0 bridgehead atoms. The highest BCUT2D eigenvalue weighted by Gasteiger charge is 2.50. The third-order valence-corrected chi connectivity index (χ3v) is 4.91. The Bertz CT molecular complexity index is 1030. The highest BCUT2D eigenvalue weighted by atomic mass is 35.5. The van der Waals surface area contributed by atoms with E-state index < -0.39 is 36.9 Å². The van der Waals surface area contributed by atoms with Crippen LogP contribution in [0.2, 0.25) is 5.28 Å². The fourth-order valence-corrected chi connectivity index (χ4v) is 3.48. The molecule has 4 atom stereocenters. The zero-order valence-electron chi connectivity index (χ0n) is 15.1. The summed E-state index contributed by atoms with van der Waals surface area (Å²) in [4.78, 5) is 24.9. The van der Waals surface area contributed by atoms with Gasteiger partial charge in [0.15, 0.2) is 17.7 Å². The average molecular weight is 420 g/mol. The molecule has 0 radical (unpaired) electrons. The number of nitrogen functional groups attached to an aromatic ring is 1. The van der Waals surface area contributed by atoms with Gasteiger partial charge in [-0.15, -0.1) is 0 Å². The first-order chi connectivity index (χ1) is 14.0. The number of nitrogens with two attached hydrogens (primary N) is 1. The Balaban J connectivity index is 1.65. The summed E-state index contributed by atoms with van der Waals surface area (Å²) in [5, 5.41) is 20.0. The smallest absolute Gasteiger partial charge is 0.316 e. The number of esters is 1. The summed E-state index contributed by atoms with van der Waals surface area (Å²) >= 11 is 5.90. The average Bonchev–Trinajstić information content (AvgIpc) is 3.27. The molecule has 1 fully saturated rings. The Kier molecular flexibility index (Phi) is 5.33. The highest BCUT2D eigenvalue weighted by molar-refractivity contribution is 6.28. The minimum Gasteiger partial charge on any atom is -0.460 e. The summed E-state index contributed by atoms with van der Waals surface area (Å²) in [6.45, 7) is -0.449. The fraction of sp³-hybridized carbons (Fsp3) is 0.333. The molecule has 4 rings (SSSR count). The van der Waals surface area contributed by atoms with Crippen molar-refractivity contribution in [3.05, 3.63) is 47.5 Å². The van der Waals surface area contributed by atoms with Crippen LogP contribution in [0.15, 0.2) is 36.7 Å². The van der Waals surface area contributed by atoms with Crippen LogP contribution in [0.1, 0.15) is 11.8 Å². The molecule has 0 aliphatic carbocycles. The predicted octanol–water partition coefficient (Wildman–Crippen LogP) is 0.672. The molecule has 2 aromatic heterocycles.